The van der Waals surface area contributed by atoms with E-state index in [0.717, 1.165) is 24.3 Å². The number of hydrogen-bond donors (Lipinski definition) is 0. The molecule has 0 saturated heterocycles. The van der Waals surface area contributed by atoms with Crippen LogP contribution in [0.5, 0.6) is 11.5 Å². The first-order valence-electron chi connectivity index (χ1n) is 7.72. The van der Waals surface area contributed by atoms with E-state index in [0.29, 0.717) is 19.6 Å². The van der Waals surface area contributed by atoms with E-state index in [9.17, 15) is 4.79 Å². The lowest BCUT2D eigenvalue weighted by molar-refractivity contribution is -0.130. The lowest BCUT2D eigenvalue weighted by Crippen LogP contribution is -2.30. The number of benzene rings is 1. The van der Waals surface area contributed by atoms with E-state index in [1.54, 1.807) is 23.3 Å². The number of likely N-dealkylation sites (N-methyl/N-ethyl adjacent to an activating group) is 1. The molecule has 0 spiro atoms. The molecular weight excluding hydrogens is 310 g/mol. The summed E-state index contributed by atoms with van der Waals surface area (Å²) in [5.41, 5.74) is 0. The zero-order valence-electron chi connectivity index (χ0n) is 13.7. The average Bonchev–Trinajstić information content (AvgIpc) is 3.08. The highest BCUT2D eigenvalue weighted by molar-refractivity contribution is 7.09. The minimum atomic E-state index is 0.167. The van der Waals surface area contributed by atoms with Gasteiger partial charge in [0.15, 0.2) is 0 Å². The van der Waals surface area contributed by atoms with Crippen LogP contribution >= 0.6 is 11.3 Å². The van der Waals surface area contributed by atoms with Crippen LogP contribution in [0.1, 0.15) is 17.7 Å². The fraction of sp³-hybridized carbons (Fsp3) is 0.389. The Hall–Kier alpha value is -2.01. The van der Waals surface area contributed by atoms with E-state index in [-0.39, 0.29) is 5.91 Å². The molecule has 2 aromatic rings. The predicted octanol–water partition coefficient (Wildman–Crippen LogP) is 3.62. The molecule has 4 nitrogen and oxygen atoms in total. The zero-order chi connectivity index (χ0) is 16.5. The van der Waals surface area contributed by atoms with Crippen LogP contribution in [-0.4, -0.2) is 38.1 Å². The smallest absolute Gasteiger partial charge is 0.222 e. The van der Waals surface area contributed by atoms with E-state index >= 15 is 0 Å². The van der Waals surface area contributed by atoms with Gasteiger partial charge in [-0.1, -0.05) is 6.07 Å². The normalized spacial score (nSPS) is 10.3. The van der Waals surface area contributed by atoms with Crippen LogP contribution in [-0.2, 0) is 11.2 Å². The SMILES string of the molecule is COc1ccc(OCCN(C)C(=O)CCCc2cccs2)cc1. The Morgan fingerprint density at radius 1 is 1.17 bits per heavy atom. The van der Waals surface area contributed by atoms with E-state index in [1.165, 1.54) is 4.88 Å². The van der Waals surface area contributed by atoms with E-state index in [4.69, 9.17) is 9.47 Å². The van der Waals surface area contributed by atoms with Gasteiger partial charge in [-0.3, -0.25) is 4.79 Å². The summed E-state index contributed by atoms with van der Waals surface area (Å²) >= 11 is 1.74. The highest BCUT2D eigenvalue weighted by atomic mass is 32.1. The monoisotopic (exact) mass is 333 g/mol. The fourth-order valence-corrected chi connectivity index (χ4v) is 2.91. The van der Waals surface area contributed by atoms with Crippen molar-refractivity contribution in [2.45, 2.75) is 19.3 Å². The molecule has 0 aliphatic heterocycles. The maximum Gasteiger partial charge on any atom is 0.222 e. The third-order valence-electron chi connectivity index (χ3n) is 3.57. The van der Waals surface area contributed by atoms with Crippen molar-refractivity contribution in [2.75, 3.05) is 27.3 Å². The maximum atomic E-state index is 12.1. The van der Waals surface area contributed by atoms with Crippen molar-refractivity contribution in [1.82, 2.24) is 4.90 Å². The van der Waals surface area contributed by atoms with Crippen molar-refractivity contribution < 1.29 is 14.3 Å². The molecule has 1 heterocycles. The molecule has 0 unspecified atom stereocenters. The molecule has 124 valence electrons. The molecule has 1 amide bonds. The van der Waals surface area contributed by atoms with Crippen LogP contribution < -0.4 is 9.47 Å². The number of amides is 1. The molecule has 1 aromatic heterocycles. The van der Waals surface area contributed by atoms with Crippen molar-refractivity contribution >= 4 is 17.2 Å². The molecule has 0 N–H and O–H groups in total. The van der Waals surface area contributed by atoms with Gasteiger partial charge in [-0.2, -0.15) is 0 Å². The van der Waals surface area contributed by atoms with Gasteiger partial charge < -0.3 is 14.4 Å². The minimum Gasteiger partial charge on any atom is -0.497 e. The molecule has 5 heteroatoms. The first-order valence-corrected chi connectivity index (χ1v) is 8.60. The van der Waals surface area contributed by atoms with Crippen LogP contribution in [0, 0.1) is 0 Å². The molecule has 0 bridgehead atoms. The molecule has 0 saturated carbocycles. The number of carbonyl (C=O) groups is 1. The number of aryl methyl sites for hydroxylation is 1. The van der Waals surface area contributed by atoms with E-state index in [2.05, 4.69) is 11.4 Å². The number of carbonyl (C=O) groups excluding carboxylic acids is 1. The lowest BCUT2D eigenvalue weighted by Gasteiger charge is -2.17. The van der Waals surface area contributed by atoms with Crippen LogP contribution in [0.15, 0.2) is 41.8 Å². The third kappa shape index (κ3) is 5.94. The van der Waals surface area contributed by atoms with E-state index in [1.807, 2.05) is 37.4 Å². The van der Waals surface area contributed by atoms with Gasteiger partial charge in [0.1, 0.15) is 18.1 Å². The summed E-state index contributed by atoms with van der Waals surface area (Å²) < 4.78 is 10.7. The van der Waals surface area contributed by atoms with Crippen LogP contribution in [0.4, 0.5) is 0 Å². The van der Waals surface area contributed by atoms with Crippen LogP contribution in [0.25, 0.3) is 0 Å². The highest BCUT2D eigenvalue weighted by Crippen LogP contribution is 2.17. The zero-order valence-corrected chi connectivity index (χ0v) is 14.5. The summed E-state index contributed by atoms with van der Waals surface area (Å²) in [6, 6.07) is 11.6. The number of methoxy groups -OCH3 is 1. The Morgan fingerprint density at radius 3 is 2.57 bits per heavy atom. The number of ether oxygens (including phenoxy) is 2. The lowest BCUT2D eigenvalue weighted by atomic mass is 10.2. The Morgan fingerprint density at radius 2 is 1.91 bits per heavy atom. The Balaban J connectivity index is 1.63. The second-order valence-corrected chi connectivity index (χ2v) is 6.30. The average molecular weight is 333 g/mol. The minimum absolute atomic E-state index is 0.167. The molecule has 1 aromatic carbocycles. The summed E-state index contributed by atoms with van der Waals surface area (Å²) in [6.45, 7) is 1.07. The number of hydrogen-bond acceptors (Lipinski definition) is 4. The van der Waals surface area contributed by atoms with Gasteiger partial charge in [-0.25, -0.2) is 0 Å². The second-order valence-electron chi connectivity index (χ2n) is 5.27. The molecule has 2 rings (SSSR count). The molecule has 23 heavy (non-hydrogen) atoms. The van der Waals surface area contributed by atoms with Crippen LogP contribution in [0.3, 0.4) is 0 Å². The topological polar surface area (TPSA) is 38.8 Å². The maximum absolute atomic E-state index is 12.1. The van der Waals surface area contributed by atoms with Gasteiger partial charge in [0, 0.05) is 18.3 Å². The van der Waals surface area contributed by atoms with Gasteiger partial charge >= 0.3 is 0 Å². The second kappa shape index (κ2) is 9.20. The van der Waals surface area contributed by atoms with Gasteiger partial charge in [0.2, 0.25) is 5.91 Å². The first kappa shape index (κ1) is 17.3. The quantitative estimate of drug-likeness (QED) is 0.703. The van der Waals surface area contributed by atoms with Crippen molar-refractivity contribution in [1.29, 1.82) is 0 Å². The molecule has 0 radical (unpaired) electrons. The molecule has 0 atom stereocenters. The molecule has 0 aliphatic carbocycles. The largest absolute Gasteiger partial charge is 0.497 e. The number of nitrogens with zero attached hydrogens (tertiary/aromatic N) is 1. The summed E-state index contributed by atoms with van der Waals surface area (Å²) in [5.74, 6) is 1.75. The standard InChI is InChI=1S/C18H23NO3S/c1-19(18(20)7-3-5-17-6-4-14-23-17)12-13-22-16-10-8-15(21-2)9-11-16/h4,6,8-11,14H,3,5,7,12-13H2,1-2H3. The highest BCUT2D eigenvalue weighted by Gasteiger charge is 2.08. The number of rotatable bonds is 9. The fourth-order valence-electron chi connectivity index (χ4n) is 2.16. The van der Waals surface area contributed by atoms with Crippen molar-refractivity contribution in [3.63, 3.8) is 0 Å². The van der Waals surface area contributed by atoms with Crippen molar-refractivity contribution in [3.05, 3.63) is 46.7 Å². The Labute approximate surface area is 141 Å². The third-order valence-corrected chi connectivity index (χ3v) is 4.51. The van der Waals surface area contributed by atoms with Gasteiger partial charge in [0.05, 0.1) is 13.7 Å². The predicted molar refractivity (Wildman–Crippen MR) is 93.4 cm³/mol. The Bertz CT molecular complexity index is 581. The van der Waals surface area contributed by atoms with Gasteiger partial charge in [0.25, 0.3) is 0 Å². The number of thiophene rings is 1. The summed E-state index contributed by atoms with van der Waals surface area (Å²) in [7, 11) is 3.46. The van der Waals surface area contributed by atoms with Crippen molar-refractivity contribution in [3.8, 4) is 11.5 Å². The summed E-state index contributed by atoms with van der Waals surface area (Å²) in [5, 5.41) is 2.07. The van der Waals surface area contributed by atoms with Gasteiger partial charge in [-0.15, -0.1) is 11.3 Å². The summed E-state index contributed by atoms with van der Waals surface area (Å²) in [6.07, 6.45) is 2.44. The first-order chi connectivity index (χ1) is 11.2. The van der Waals surface area contributed by atoms with Crippen molar-refractivity contribution in [2.24, 2.45) is 0 Å². The van der Waals surface area contributed by atoms with Gasteiger partial charge in [-0.05, 0) is 48.6 Å². The summed E-state index contributed by atoms with van der Waals surface area (Å²) in [4.78, 5) is 15.1. The van der Waals surface area contributed by atoms with E-state index < -0.39 is 0 Å². The Kier molecular flexibility index (Phi) is 6.94. The molecular formula is C18H23NO3S. The molecule has 0 aliphatic rings. The molecule has 0 fully saturated rings. The van der Waals surface area contributed by atoms with Crippen LogP contribution in [0.2, 0.25) is 0 Å².